The lowest BCUT2D eigenvalue weighted by atomic mass is 10.2. The second kappa shape index (κ2) is 10.6. The van der Waals surface area contributed by atoms with Gasteiger partial charge in [0.2, 0.25) is 5.91 Å². The first-order chi connectivity index (χ1) is 16.4. The largest absolute Gasteiger partial charge is 0.492 e. The molecule has 0 bridgehead atoms. The van der Waals surface area contributed by atoms with Crippen molar-refractivity contribution in [1.29, 1.82) is 0 Å². The smallest absolute Gasteiger partial charge is 0.417 e. The van der Waals surface area contributed by atoms with Crippen LogP contribution >= 0.6 is 11.6 Å². The second-order valence-electron chi connectivity index (χ2n) is 7.46. The minimum absolute atomic E-state index is 0.186. The van der Waals surface area contributed by atoms with Gasteiger partial charge in [0.1, 0.15) is 12.3 Å². The minimum Gasteiger partial charge on any atom is -0.492 e. The predicted molar refractivity (Wildman–Crippen MR) is 128 cm³/mol. The summed E-state index contributed by atoms with van der Waals surface area (Å²) in [5.74, 6) is -0.418. The van der Waals surface area contributed by atoms with E-state index in [4.69, 9.17) is 16.3 Å². The van der Waals surface area contributed by atoms with E-state index in [0.29, 0.717) is 28.4 Å². The summed E-state index contributed by atoms with van der Waals surface area (Å²) < 4.78 is 73.4. The van der Waals surface area contributed by atoms with E-state index in [1.807, 2.05) is 0 Å². The van der Waals surface area contributed by atoms with Crippen molar-refractivity contribution in [2.24, 2.45) is 0 Å². The van der Waals surface area contributed by atoms with Crippen LogP contribution in [0.25, 0.3) is 0 Å². The lowest BCUT2D eigenvalue weighted by molar-refractivity contribution is -0.137. The number of nitrogens with one attached hydrogen (secondary N) is 1. The number of carbonyl (C=O) groups is 1. The Morgan fingerprint density at radius 1 is 1.06 bits per heavy atom. The molecule has 0 saturated heterocycles. The molecule has 0 fully saturated rings. The van der Waals surface area contributed by atoms with Crippen molar-refractivity contribution in [3.05, 3.63) is 82.9 Å². The number of sulfonamides is 1. The molecule has 6 nitrogen and oxygen atoms in total. The topological polar surface area (TPSA) is 75.7 Å². The van der Waals surface area contributed by atoms with Crippen LogP contribution in [0.15, 0.2) is 71.6 Å². The van der Waals surface area contributed by atoms with Crippen molar-refractivity contribution < 1.29 is 31.1 Å². The van der Waals surface area contributed by atoms with Gasteiger partial charge in [0, 0.05) is 0 Å². The van der Waals surface area contributed by atoms with E-state index in [-0.39, 0.29) is 10.6 Å². The lowest BCUT2D eigenvalue weighted by Crippen LogP contribution is -2.38. The Morgan fingerprint density at radius 2 is 1.71 bits per heavy atom. The summed E-state index contributed by atoms with van der Waals surface area (Å²) in [6, 6.07) is 14.9. The number of amides is 1. The zero-order chi connectivity index (χ0) is 25.8. The normalized spacial score (nSPS) is 11.7. The number of para-hydroxylation sites is 2. The molecule has 0 spiro atoms. The van der Waals surface area contributed by atoms with Gasteiger partial charge in [-0.2, -0.15) is 13.2 Å². The molecule has 1 amide bonds. The number of ether oxygens (including phenoxy) is 1. The number of benzene rings is 3. The van der Waals surface area contributed by atoms with Crippen LogP contribution in [-0.2, 0) is 21.0 Å². The average molecular weight is 527 g/mol. The molecule has 3 aromatic carbocycles. The molecule has 3 aromatic rings. The van der Waals surface area contributed by atoms with Gasteiger partial charge in [-0.15, -0.1) is 0 Å². The Labute approximate surface area is 206 Å². The summed E-state index contributed by atoms with van der Waals surface area (Å²) in [5, 5.41) is 1.97. The molecule has 0 unspecified atom stereocenters. The minimum atomic E-state index is -4.83. The van der Waals surface area contributed by atoms with E-state index in [9.17, 15) is 26.4 Å². The highest BCUT2D eigenvalue weighted by molar-refractivity contribution is 7.92. The van der Waals surface area contributed by atoms with Crippen LogP contribution in [0, 0.1) is 6.92 Å². The molecule has 0 aliphatic carbocycles. The van der Waals surface area contributed by atoms with Crippen LogP contribution < -0.4 is 14.4 Å². The molecule has 0 radical (unpaired) electrons. The van der Waals surface area contributed by atoms with Gasteiger partial charge in [0.25, 0.3) is 10.0 Å². The summed E-state index contributed by atoms with van der Waals surface area (Å²) in [6.07, 6.45) is -4.83. The van der Waals surface area contributed by atoms with Crippen LogP contribution in [0.4, 0.5) is 24.5 Å². The van der Waals surface area contributed by atoms with Crippen molar-refractivity contribution in [2.45, 2.75) is 24.9 Å². The first kappa shape index (κ1) is 26.4. The Balaban J connectivity index is 2.04. The number of nitrogens with zero attached hydrogens (tertiary/aromatic N) is 1. The standard InChI is InChI=1S/C24H22ClF3N2O4S/c1-3-34-22-7-5-4-6-21(22)29-23(31)15-30(35(32,33)18-11-8-16(2)9-12-18)17-10-13-20(25)19(14-17)24(26,27)28/h4-14H,3,15H2,1-2H3,(H,29,31). The van der Waals surface area contributed by atoms with Crippen molar-refractivity contribution in [3.8, 4) is 5.75 Å². The zero-order valence-electron chi connectivity index (χ0n) is 18.8. The van der Waals surface area contributed by atoms with Crippen LogP contribution in [0.3, 0.4) is 0 Å². The number of anilines is 2. The van der Waals surface area contributed by atoms with Gasteiger partial charge in [-0.1, -0.05) is 41.4 Å². The van der Waals surface area contributed by atoms with Gasteiger partial charge >= 0.3 is 6.18 Å². The maximum Gasteiger partial charge on any atom is 0.417 e. The van der Waals surface area contributed by atoms with E-state index in [1.165, 1.54) is 12.1 Å². The van der Waals surface area contributed by atoms with Crippen molar-refractivity contribution in [1.82, 2.24) is 0 Å². The number of aryl methyl sites for hydroxylation is 1. The van der Waals surface area contributed by atoms with E-state index in [0.717, 1.165) is 17.7 Å². The highest BCUT2D eigenvalue weighted by Gasteiger charge is 2.35. The molecular weight excluding hydrogens is 505 g/mol. The first-order valence-electron chi connectivity index (χ1n) is 10.4. The first-order valence-corrected chi connectivity index (χ1v) is 12.2. The highest BCUT2D eigenvalue weighted by Crippen LogP contribution is 2.38. The fourth-order valence-corrected chi connectivity index (χ4v) is 4.85. The second-order valence-corrected chi connectivity index (χ2v) is 9.73. The molecule has 1 N–H and O–H groups in total. The zero-order valence-corrected chi connectivity index (χ0v) is 20.3. The molecule has 0 aliphatic heterocycles. The monoisotopic (exact) mass is 526 g/mol. The number of carbonyl (C=O) groups excluding carboxylic acids is 1. The number of alkyl halides is 3. The molecule has 3 rings (SSSR count). The molecule has 35 heavy (non-hydrogen) atoms. The number of hydrogen-bond acceptors (Lipinski definition) is 4. The van der Waals surface area contributed by atoms with Crippen molar-refractivity contribution in [2.75, 3.05) is 22.8 Å². The molecule has 0 saturated carbocycles. The maximum atomic E-state index is 13.5. The summed E-state index contributed by atoms with van der Waals surface area (Å²) in [5.41, 5.74) is -0.510. The number of rotatable bonds is 8. The van der Waals surface area contributed by atoms with E-state index in [2.05, 4.69) is 5.32 Å². The number of halogens is 4. The third kappa shape index (κ3) is 6.26. The fourth-order valence-electron chi connectivity index (χ4n) is 3.21. The highest BCUT2D eigenvalue weighted by atomic mass is 35.5. The van der Waals surface area contributed by atoms with E-state index < -0.39 is 39.2 Å². The molecular formula is C24H22ClF3N2O4S. The predicted octanol–water partition coefficient (Wildman–Crippen LogP) is 5.90. The van der Waals surface area contributed by atoms with Gasteiger partial charge in [-0.3, -0.25) is 9.10 Å². The van der Waals surface area contributed by atoms with Crippen molar-refractivity contribution >= 4 is 38.9 Å². The van der Waals surface area contributed by atoms with Crippen molar-refractivity contribution in [3.63, 3.8) is 0 Å². The van der Waals surface area contributed by atoms with Gasteiger partial charge in [-0.25, -0.2) is 8.42 Å². The van der Waals surface area contributed by atoms with Crippen LogP contribution in [0.1, 0.15) is 18.1 Å². The Morgan fingerprint density at radius 3 is 2.34 bits per heavy atom. The maximum absolute atomic E-state index is 13.5. The third-order valence-corrected chi connectivity index (χ3v) is 7.02. The summed E-state index contributed by atoms with van der Waals surface area (Å²) in [4.78, 5) is 12.7. The number of hydrogen-bond donors (Lipinski definition) is 1. The van der Waals surface area contributed by atoms with Gasteiger partial charge in [0.05, 0.1) is 33.5 Å². The van der Waals surface area contributed by atoms with Gasteiger partial charge in [-0.05, 0) is 56.3 Å². The molecule has 0 aliphatic rings. The quantitative estimate of drug-likeness (QED) is 0.396. The van der Waals surface area contributed by atoms with Crippen LogP contribution in [-0.4, -0.2) is 27.5 Å². The average Bonchev–Trinajstić information content (AvgIpc) is 2.79. The Hall–Kier alpha value is -3.24. The molecule has 186 valence electrons. The SMILES string of the molecule is CCOc1ccccc1NC(=O)CN(c1ccc(Cl)c(C(F)(F)F)c1)S(=O)(=O)c1ccc(C)cc1. The molecule has 0 heterocycles. The molecule has 0 atom stereocenters. The van der Waals surface area contributed by atoms with Gasteiger partial charge in [0.15, 0.2) is 0 Å². The summed E-state index contributed by atoms with van der Waals surface area (Å²) in [7, 11) is -4.42. The Kier molecular flexibility index (Phi) is 7.97. The summed E-state index contributed by atoms with van der Waals surface area (Å²) in [6.45, 7) is 3.04. The van der Waals surface area contributed by atoms with Crippen LogP contribution in [0.5, 0.6) is 5.75 Å². The third-order valence-electron chi connectivity index (χ3n) is 4.90. The summed E-state index contributed by atoms with van der Waals surface area (Å²) >= 11 is 5.71. The Bertz CT molecular complexity index is 1310. The lowest BCUT2D eigenvalue weighted by Gasteiger charge is -2.25. The molecule has 11 heteroatoms. The van der Waals surface area contributed by atoms with E-state index in [1.54, 1.807) is 50.2 Å². The van der Waals surface area contributed by atoms with E-state index >= 15 is 0 Å². The van der Waals surface area contributed by atoms with Crippen LogP contribution in [0.2, 0.25) is 5.02 Å². The molecule has 0 aromatic heterocycles. The fraction of sp³-hybridized carbons (Fsp3) is 0.208. The van der Waals surface area contributed by atoms with Gasteiger partial charge < -0.3 is 10.1 Å².